The number of H-pyrrole nitrogens is 1. The number of benzene rings is 2. The van der Waals surface area contributed by atoms with Gasteiger partial charge in [0.05, 0.1) is 28.3 Å². The monoisotopic (exact) mass is 570 g/mol. The highest BCUT2D eigenvalue weighted by Crippen LogP contribution is 2.47. The lowest BCUT2D eigenvalue weighted by atomic mass is 9.98. The topological polar surface area (TPSA) is 97.4 Å². The minimum Gasteiger partial charge on any atom is -0.373 e. The summed E-state index contributed by atoms with van der Waals surface area (Å²) in [5, 5.41) is 9.02. The molecular formula is C28H25Cl2FN4O4. The van der Waals surface area contributed by atoms with E-state index in [4.69, 9.17) is 32.5 Å². The number of hydrogen-bond acceptors (Lipinski definition) is 7. The third-order valence-corrected chi connectivity index (χ3v) is 8.70. The number of nitrogens with one attached hydrogen (secondary N) is 1. The molecule has 1 aliphatic carbocycles. The lowest BCUT2D eigenvalue weighted by Gasteiger charge is -2.40. The predicted molar refractivity (Wildman–Crippen MR) is 144 cm³/mol. The Balaban J connectivity index is 1.08. The van der Waals surface area contributed by atoms with E-state index < -0.39 is 11.6 Å². The lowest BCUT2D eigenvalue weighted by Crippen LogP contribution is -2.45. The average molecular weight is 571 g/mol. The van der Waals surface area contributed by atoms with Crippen molar-refractivity contribution < 1.29 is 18.2 Å². The molecule has 2 bridgehead atoms. The van der Waals surface area contributed by atoms with Gasteiger partial charge in [0.1, 0.15) is 17.3 Å². The first kappa shape index (κ1) is 24.9. The minimum atomic E-state index is -0.717. The zero-order valence-electron chi connectivity index (χ0n) is 20.8. The van der Waals surface area contributed by atoms with Gasteiger partial charge in [0.15, 0.2) is 5.82 Å². The van der Waals surface area contributed by atoms with E-state index in [2.05, 4.69) is 24.7 Å². The summed E-state index contributed by atoms with van der Waals surface area (Å²) >= 11 is 13.0. The second kappa shape index (κ2) is 9.80. The van der Waals surface area contributed by atoms with Crippen LogP contribution in [0.2, 0.25) is 10.0 Å². The first-order valence-electron chi connectivity index (χ1n) is 13.1. The summed E-state index contributed by atoms with van der Waals surface area (Å²) in [4.78, 5) is 16.0. The molecule has 3 fully saturated rings. The van der Waals surface area contributed by atoms with Crippen molar-refractivity contribution in [3.05, 3.63) is 74.1 Å². The van der Waals surface area contributed by atoms with Crippen LogP contribution in [0.4, 0.5) is 10.1 Å². The molecule has 2 aromatic heterocycles. The molecule has 2 unspecified atom stereocenters. The van der Waals surface area contributed by atoms with Crippen molar-refractivity contribution in [2.24, 2.45) is 0 Å². The first-order valence-corrected chi connectivity index (χ1v) is 13.9. The molecule has 11 heteroatoms. The fourth-order valence-electron chi connectivity index (χ4n) is 6.14. The maximum absolute atomic E-state index is 15.0. The molecule has 1 N–H and O–H groups in total. The predicted octanol–water partition coefficient (Wildman–Crippen LogP) is 6.72. The van der Waals surface area contributed by atoms with Crippen LogP contribution in [0.25, 0.3) is 22.6 Å². The second-order valence-electron chi connectivity index (χ2n) is 10.5. The fourth-order valence-corrected chi connectivity index (χ4v) is 6.71. The normalized spacial score (nSPS) is 22.5. The summed E-state index contributed by atoms with van der Waals surface area (Å²) in [5.74, 6) is 0.130. The molecule has 39 heavy (non-hydrogen) atoms. The number of nitrogens with zero attached hydrogens (tertiary/aromatic N) is 3. The molecule has 2 aliphatic heterocycles. The molecule has 3 atom stereocenters. The molecule has 2 aromatic carbocycles. The lowest BCUT2D eigenvalue weighted by molar-refractivity contribution is 0.0147. The first-order chi connectivity index (χ1) is 19.0. The van der Waals surface area contributed by atoms with Gasteiger partial charge < -0.3 is 14.2 Å². The fraction of sp³-hybridized carbons (Fsp3) is 0.393. The molecule has 0 spiro atoms. The Hall–Kier alpha value is -3.14. The highest BCUT2D eigenvalue weighted by Gasteiger charge is 2.42. The van der Waals surface area contributed by atoms with E-state index in [0.29, 0.717) is 33.8 Å². The van der Waals surface area contributed by atoms with Crippen LogP contribution in [0.5, 0.6) is 0 Å². The molecule has 8 nitrogen and oxygen atoms in total. The number of piperidine rings is 1. The Kier molecular flexibility index (Phi) is 6.25. The Morgan fingerprint density at radius 1 is 1.03 bits per heavy atom. The van der Waals surface area contributed by atoms with Gasteiger partial charge in [-0.2, -0.15) is 0 Å². The highest BCUT2D eigenvalue weighted by atomic mass is 35.5. The molecule has 3 aliphatic rings. The van der Waals surface area contributed by atoms with E-state index in [-0.39, 0.29) is 29.6 Å². The van der Waals surface area contributed by atoms with Gasteiger partial charge in [0.2, 0.25) is 0 Å². The third kappa shape index (κ3) is 4.56. The molecular weight excluding hydrogens is 546 g/mol. The van der Waals surface area contributed by atoms with Crippen molar-refractivity contribution in [1.82, 2.24) is 15.3 Å². The molecule has 1 saturated carbocycles. The quantitative estimate of drug-likeness (QED) is 0.263. The Morgan fingerprint density at radius 3 is 2.41 bits per heavy atom. The van der Waals surface area contributed by atoms with Gasteiger partial charge in [-0.05, 0) is 68.9 Å². The van der Waals surface area contributed by atoms with E-state index in [1.165, 1.54) is 6.07 Å². The van der Waals surface area contributed by atoms with Crippen molar-refractivity contribution in [2.45, 2.75) is 69.2 Å². The van der Waals surface area contributed by atoms with Crippen LogP contribution < -0.4 is 10.7 Å². The van der Waals surface area contributed by atoms with Gasteiger partial charge in [-0.15, -0.1) is 0 Å². The van der Waals surface area contributed by atoms with Crippen molar-refractivity contribution in [3.63, 3.8) is 0 Å². The van der Waals surface area contributed by atoms with Crippen LogP contribution in [-0.4, -0.2) is 33.5 Å². The molecule has 0 amide bonds. The van der Waals surface area contributed by atoms with Crippen molar-refractivity contribution in [3.8, 4) is 22.6 Å². The number of aromatic nitrogens is 3. The van der Waals surface area contributed by atoms with Crippen molar-refractivity contribution in [2.75, 3.05) is 4.90 Å². The van der Waals surface area contributed by atoms with Crippen LogP contribution in [0.15, 0.2) is 50.2 Å². The Morgan fingerprint density at radius 2 is 1.77 bits per heavy atom. The number of anilines is 1. The molecule has 202 valence electrons. The molecule has 4 heterocycles. The minimum absolute atomic E-state index is 0.0552. The summed E-state index contributed by atoms with van der Waals surface area (Å²) in [5.41, 5.74) is 3.26. The highest BCUT2D eigenvalue weighted by molar-refractivity contribution is 6.39. The second-order valence-corrected chi connectivity index (χ2v) is 11.4. The van der Waals surface area contributed by atoms with Crippen molar-refractivity contribution >= 4 is 28.9 Å². The van der Waals surface area contributed by atoms with Crippen LogP contribution in [0.3, 0.4) is 0 Å². The zero-order valence-corrected chi connectivity index (χ0v) is 22.3. The smallest absolute Gasteiger partial charge is 0.373 e. The van der Waals surface area contributed by atoms with Crippen LogP contribution in [0.1, 0.15) is 55.8 Å². The largest absolute Gasteiger partial charge is 0.439 e. The van der Waals surface area contributed by atoms with Crippen molar-refractivity contribution in [1.29, 1.82) is 0 Å². The third-order valence-electron chi connectivity index (χ3n) is 8.07. The van der Waals surface area contributed by atoms with E-state index in [9.17, 15) is 9.18 Å². The Bertz CT molecular complexity index is 1560. The molecule has 7 rings (SSSR count). The SMILES string of the molecule is O=c1[nH]c(-c2ccc(N3C4CC[C@@H]3CC(OCc3c(-c5c(Cl)cccc5Cl)noc3C3CC3)C4)cc2F)no1. The summed E-state index contributed by atoms with van der Waals surface area (Å²) < 4.78 is 31.8. The maximum atomic E-state index is 15.0. The zero-order chi connectivity index (χ0) is 26.7. The van der Waals surface area contributed by atoms with Gasteiger partial charge in [0.25, 0.3) is 0 Å². The number of rotatable bonds is 7. The number of hydrogen-bond donors (Lipinski definition) is 1. The number of ether oxygens (including phenoxy) is 1. The van der Waals surface area contributed by atoms with E-state index >= 15 is 0 Å². The van der Waals surface area contributed by atoms with Gasteiger partial charge in [0, 0.05) is 34.8 Å². The van der Waals surface area contributed by atoms with Gasteiger partial charge in [-0.1, -0.05) is 39.6 Å². The van der Waals surface area contributed by atoms with E-state index in [0.717, 1.165) is 55.5 Å². The summed E-state index contributed by atoms with van der Waals surface area (Å²) in [7, 11) is 0. The van der Waals surface area contributed by atoms with E-state index in [1.54, 1.807) is 18.2 Å². The van der Waals surface area contributed by atoms with Crippen LogP contribution in [0, 0.1) is 5.82 Å². The Labute approximate surface area is 233 Å². The summed E-state index contributed by atoms with van der Waals surface area (Å²) in [6, 6.07) is 10.9. The maximum Gasteiger partial charge on any atom is 0.439 e. The standard InChI is InChI=1S/C28H25Cl2FN4O4/c29-21-2-1-3-22(30)24(21)25-20(26(38-33-25)14-4-5-14)13-37-18-10-15-6-7-16(11-18)35(15)17-8-9-19(23(31)12-17)27-32-28(36)39-34-27/h1-3,8-9,12,14-16,18H,4-7,10-11,13H2,(H,32,34,36)/t15-,16?,18?/m1/s1. The molecule has 2 saturated heterocycles. The average Bonchev–Trinajstić information content (AvgIpc) is 3.44. The molecule has 0 radical (unpaired) electrons. The van der Waals surface area contributed by atoms with Gasteiger partial charge >= 0.3 is 5.76 Å². The number of halogens is 3. The van der Waals surface area contributed by atoms with Crippen LogP contribution >= 0.6 is 23.2 Å². The number of fused-ring (bicyclic) bond motifs is 2. The summed E-state index contributed by atoms with van der Waals surface area (Å²) in [6.07, 6.45) is 5.91. The molecule has 4 aromatic rings. The van der Waals surface area contributed by atoms with Gasteiger partial charge in [-0.3, -0.25) is 9.51 Å². The number of aromatic amines is 1. The van der Waals surface area contributed by atoms with Gasteiger partial charge in [-0.25, -0.2) is 9.18 Å². The summed E-state index contributed by atoms with van der Waals surface area (Å²) in [6.45, 7) is 0.371. The van der Waals surface area contributed by atoms with E-state index in [1.807, 2.05) is 12.1 Å². The van der Waals surface area contributed by atoms with Crippen LogP contribution in [-0.2, 0) is 11.3 Å².